The lowest BCUT2D eigenvalue weighted by atomic mass is 9.91. The summed E-state index contributed by atoms with van der Waals surface area (Å²) in [7, 11) is -2.73. The maximum Gasteiger partial charge on any atom is 0.255 e. The number of alkyl halides is 1. The second-order valence-corrected chi connectivity index (χ2v) is 10.3. The summed E-state index contributed by atoms with van der Waals surface area (Å²) < 4.78 is 48.6. The van der Waals surface area contributed by atoms with Crippen LogP contribution in [-0.4, -0.2) is 48.9 Å². The topological polar surface area (TPSA) is 93.9 Å². The Hall–Kier alpha value is -3.72. The van der Waals surface area contributed by atoms with E-state index in [-0.39, 0.29) is 22.6 Å². The van der Waals surface area contributed by atoms with Gasteiger partial charge in [0.05, 0.1) is 23.9 Å². The maximum absolute atomic E-state index is 16.0. The fourth-order valence-electron chi connectivity index (χ4n) is 4.08. The number of methoxy groups -OCH3 is 1. The molecule has 2 atom stereocenters. The highest BCUT2D eigenvalue weighted by Crippen LogP contribution is 2.37. The Morgan fingerprint density at radius 1 is 1.15 bits per heavy atom. The molecular formula is C25H23FN2O5S. The third kappa shape index (κ3) is 3.81. The number of rotatable bonds is 6. The number of nitrogens with zero attached hydrogens (tertiary/aromatic N) is 1. The highest BCUT2D eigenvalue weighted by molar-refractivity contribution is 7.92. The fourth-order valence-corrected chi connectivity index (χ4v) is 5.19. The van der Waals surface area contributed by atoms with Crippen molar-refractivity contribution in [2.24, 2.45) is 0 Å². The molecule has 0 fully saturated rings. The highest BCUT2D eigenvalue weighted by atomic mass is 32.2. The minimum atomic E-state index is -4.19. The number of hydrogen-bond acceptors (Lipinski definition) is 5. The molecule has 0 saturated heterocycles. The van der Waals surface area contributed by atoms with Crippen molar-refractivity contribution in [2.75, 3.05) is 13.4 Å². The van der Waals surface area contributed by atoms with Gasteiger partial charge in [0, 0.05) is 25.4 Å². The van der Waals surface area contributed by atoms with Crippen molar-refractivity contribution in [3.8, 4) is 5.75 Å². The van der Waals surface area contributed by atoms with Crippen LogP contribution in [-0.2, 0) is 9.84 Å². The van der Waals surface area contributed by atoms with Crippen LogP contribution in [0.15, 0.2) is 73.0 Å². The number of hydrogen-bond donors (Lipinski definition) is 1. The minimum Gasteiger partial charge on any atom is -0.497 e. The third-order valence-electron chi connectivity index (χ3n) is 5.88. The summed E-state index contributed by atoms with van der Waals surface area (Å²) in [5.74, 6) is -0.708. The molecule has 0 bridgehead atoms. The van der Waals surface area contributed by atoms with Crippen LogP contribution in [0.25, 0.3) is 11.1 Å². The van der Waals surface area contributed by atoms with Crippen molar-refractivity contribution in [1.82, 2.24) is 9.72 Å². The number of sulfone groups is 1. The molecule has 9 heteroatoms. The van der Waals surface area contributed by atoms with Crippen LogP contribution >= 0.6 is 0 Å². The normalized spacial score (nSPS) is 20.1. The molecule has 1 N–H and O–H groups in total. The van der Waals surface area contributed by atoms with Crippen molar-refractivity contribution in [1.29, 1.82) is 0 Å². The van der Waals surface area contributed by atoms with E-state index in [4.69, 9.17) is 4.74 Å². The second-order valence-electron chi connectivity index (χ2n) is 8.05. The van der Waals surface area contributed by atoms with Gasteiger partial charge in [0.1, 0.15) is 5.75 Å². The first-order chi connectivity index (χ1) is 16.1. The number of amides is 1. The summed E-state index contributed by atoms with van der Waals surface area (Å²) >= 11 is 0. The summed E-state index contributed by atoms with van der Waals surface area (Å²) in [6.45, 7) is 1.35. The lowest BCUT2D eigenvalue weighted by Crippen LogP contribution is -2.59. The standard InChI is InChI=1S/C25H23FN2O5S/c1-16(29)21-15-20(22-14-18(33-2)11-13-28(21)22)24(30)27-25(34(3,31)32)12-7-10-19(23(25)26)17-8-5-4-6-9-17/h4-15,23H,1-3H3,(H,27,30). The van der Waals surface area contributed by atoms with E-state index in [2.05, 4.69) is 5.32 Å². The maximum atomic E-state index is 16.0. The van der Waals surface area contributed by atoms with E-state index in [1.54, 1.807) is 48.7 Å². The molecule has 176 valence electrons. The van der Waals surface area contributed by atoms with Gasteiger partial charge in [-0.3, -0.25) is 9.59 Å². The van der Waals surface area contributed by atoms with Gasteiger partial charge in [0.25, 0.3) is 5.91 Å². The van der Waals surface area contributed by atoms with Crippen LogP contribution in [0.4, 0.5) is 4.39 Å². The van der Waals surface area contributed by atoms with Gasteiger partial charge in [-0.2, -0.15) is 0 Å². The first-order valence-electron chi connectivity index (χ1n) is 10.4. The van der Waals surface area contributed by atoms with Gasteiger partial charge in [-0.1, -0.05) is 42.5 Å². The average Bonchev–Trinajstić information content (AvgIpc) is 3.19. The Balaban J connectivity index is 1.82. The number of ketones is 1. The molecule has 2 unspecified atom stereocenters. The number of halogens is 1. The fraction of sp³-hybridized carbons (Fsp3) is 0.200. The van der Waals surface area contributed by atoms with Gasteiger partial charge in [-0.05, 0) is 29.3 Å². The molecule has 7 nitrogen and oxygen atoms in total. The smallest absolute Gasteiger partial charge is 0.255 e. The van der Waals surface area contributed by atoms with Crippen molar-refractivity contribution >= 4 is 32.6 Å². The number of allylic oxidation sites excluding steroid dienone is 2. The monoisotopic (exact) mass is 482 g/mol. The number of fused-ring (bicyclic) bond motifs is 1. The summed E-state index contributed by atoms with van der Waals surface area (Å²) in [6.07, 6.45) is 4.42. The van der Waals surface area contributed by atoms with Crippen LogP contribution in [0.1, 0.15) is 33.3 Å². The first-order valence-corrected chi connectivity index (χ1v) is 12.3. The molecule has 0 spiro atoms. The number of Topliss-reactive ketones (excluding diaryl/α,β-unsaturated/α-hetero) is 1. The SMILES string of the molecule is COc1ccn2c(C(C)=O)cc(C(=O)NC3(S(C)(=O)=O)C=CC=C(c4ccccc4)C3F)c2c1. The van der Waals surface area contributed by atoms with Crippen LogP contribution in [0, 0.1) is 0 Å². The molecule has 0 aliphatic heterocycles. The Labute approximate surface area is 196 Å². The van der Waals surface area contributed by atoms with Crippen molar-refractivity contribution < 1.29 is 27.1 Å². The average molecular weight is 483 g/mol. The van der Waals surface area contributed by atoms with E-state index in [1.165, 1.54) is 36.7 Å². The lowest BCUT2D eigenvalue weighted by molar-refractivity contribution is 0.0921. The molecule has 1 amide bonds. The number of carbonyl (C=O) groups excluding carboxylic acids is 2. The Morgan fingerprint density at radius 3 is 2.47 bits per heavy atom. The molecule has 1 aromatic carbocycles. The van der Waals surface area contributed by atoms with E-state index in [1.807, 2.05) is 0 Å². The quantitative estimate of drug-likeness (QED) is 0.542. The molecule has 2 heterocycles. The lowest BCUT2D eigenvalue weighted by Gasteiger charge is -2.36. The molecule has 1 aliphatic carbocycles. The number of benzene rings is 1. The molecule has 1 aliphatic rings. The Morgan fingerprint density at radius 2 is 1.85 bits per heavy atom. The van der Waals surface area contributed by atoms with Crippen molar-refractivity contribution in [3.63, 3.8) is 0 Å². The number of ether oxygens (including phenoxy) is 1. The van der Waals surface area contributed by atoms with Gasteiger partial charge in [-0.25, -0.2) is 12.8 Å². The number of pyridine rings is 1. The van der Waals surface area contributed by atoms with E-state index >= 15 is 4.39 Å². The number of nitrogens with one attached hydrogen (secondary N) is 1. The van der Waals surface area contributed by atoms with Gasteiger partial charge >= 0.3 is 0 Å². The summed E-state index contributed by atoms with van der Waals surface area (Å²) in [6, 6.07) is 13.1. The highest BCUT2D eigenvalue weighted by Gasteiger charge is 2.51. The van der Waals surface area contributed by atoms with Crippen molar-refractivity contribution in [3.05, 3.63) is 89.8 Å². The minimum absolute atomic E-state index is 0.0172. The molecule has 3 aromatic rings. The molecule has 2 aromatic heterocycles. The largest absolute Gasteiger partial charge is 0.497 e. The Kier molecular flexibility index (Phi) is 5.91. The van der Waals surface area contributed by atoms with E-state index < -0.39 is 26.8 Å². The predicted octanol–water partition coefficient (Wildman–Crippen LogP) is 3.61. The zero-order valence-corrected chi connectivity index (χ0v) is 19.6. The predicted molar refractivity (Wildman–Crippen MR) is 127 cm³/mol. The van der Waals surface area contributed by atoms with Crippen molar-refractivity contribution in [2.45, 2.75) is 18.0 Å². The summed E-state index contributed by atoms with van der Waals surface area (Å²) in [5, 5.41) is 2.43. The van der Waals surface area contributed by atoms with Gasteiger partial charge in [-0.15, -0.1) is 0 Å². The van der Waals surface area contributed by atoms with E-state index in [0.29, 0.717) is 16.8 Å². The van der Waals surface area contributed by atoms with Crippen LogP contribution in [0.2, 0.25) is 0 Å². The number of carbonyl (C=O) groups is 2. The molecular weight excluding hydrogens is 459 g/mol. The summed E-state index contributed by atoms with van der Waals surface area (Å²) in [5.41, 5.74) is 1.18. The third-order valence-corrected chi connectivity index (χ3v) is 7.55. The number of aromatic nitrogens is 1. The zero-order valence-electron chi connectivity index (χ0n) is 18.8. The van der Waals surface area contributed by atoms with Gasteiger partial charge in [0.15, 0.2) is 26.7 Å². The molecule has 0 saturated carbocycles. The Bertz CT molecular complexity index is 1460. The van der Waals surface area contributed by atoms with Crippen LogP contribution in [0.3, 0.4) is 0 Å². The summed E-state index contributed by atoms with van der Waals surface area (Å²) in [4.78, 5) is 23.3. The molecule has 0 radical (unpaired) electrons. The van der Waals surface area contributed by atoms with E-state index in [0.717, 1.165) is 12.3 Å². The van der Waals surface area contributed by atoms with Gasteiger partial charge in [0.2, 0.25) is 0 Å². The first kappa shape index (κ1) is 23.4. The zero-order chi connectivity index (χ0) is 24.7. The van der Waals surface area contributed by atoms with Crippen LogP contribution in [0.5, 0.6) is 5.75 Å². The van der Waals surface area contributed by atoms with E-state index in [9.17, 15) is 18.0 Å². The molecule has 4 rings (SSSR count). The van der Waals surface area contributed by atoms with Crippen LogP contribution < -0.4 is 10.1 Å². The van der Waals surface area contributed by atoms with Gasteiger partial charge < -0.3 is 14.5 Å². The molecule has 34 heavy (non-hydrogen) atoms. The second kappa shape index (κ2) is 8.57.